The molecule has 2 N–H and O–H groups in total. The predicted molar refractivity (Wildman–Crippen MR) is 57.2 cm³/mol. The van der Waals surface area contributed by atoms with Crippen LogP contribution in [-0.4, -0.2) is 42.8 Å². The van der Waals surface area contributed by atoms with Crippen molar-refractivity contribution in [2.75, 3.05) is 19.7 Å². The molecule has 1 saturated carbocycles. The molecule has 1 aliphatic carbocycles. The standard InChI is InChI=1S/C11H22N2O/c1-9(12)8-13-6-7-14-11-5-3-2-4-10(11)13/h9-11H,2-8,12H2,1H3/t9-,10?,11?/m0/s1. The van der Waals surface area contributed by atoms with Gasteiger partial charge in [-0.25, -0.2) is 0 Å². The lowest BCUT2D eigenvalue weighted by atomic mass is 9.90. The van der Waals surface area contributed by atoms with Gasteiger partial charge in [0.2, 0.25) is 0 Å². The van der Waals surface area contributed by atoms with Crippen molar-refractivity contribution in [1.82, 2.24) is 4.90 Å². The summed E-state index contributed by atoms with van der Waals surface area (Å²) in [5, 5.41) is 0. The zero-order chi connectivity index (χ0) is 9.97. The number of hydrogen-bond donors (Lipinski definition) is 1. The molecule has 1 aliphatic heterocycles. The topological polar surface area (TPSA) is 38.5 Å². The van der Waals surface area contributed by atoms with Crippen LogP contribution in [0.25, 0.3) is 0 Å². The molecule has 1 saturated heterocycles. The molecule has 0 aromatic rings. The third-order valence-corrected chi connectivity index (χ3v) is 3.37. The van der Waals surface area contributed by atoms with Gasteiger partial charge in [-0.1, -0.05) is 12.8 Å². The quantitative estimate of drug-likeness (QED) is 0.719. The van der Waals surface area contributed by atoms with Gasteiger partial charge in [-0.05, 0) is 19.8 Å². The summed E-state index contributed by atoms with van der Waals surface area (Å²) in [6, 6.07) is 0.944. The average Bonchev–Trinajstić information content (AvgIpc) is 2.18. The van der Waals surface area contributed by atoms with Crippen LogP contribution < -0.4 is 5.73 Å². The summed E-state index contributed by atoms with van der Waals surface area (Å²) in [5.74, 6) is 0. The Morgan fingerprint density at radius 1 is 1.43 bits per heavy atom. The van der Waals surface area contributed by atoms with Gasteiger partial charge in [0.25, 0.3) is 0 Å². The zero-order valence-corrected chi connectivity index (χ0v) is 9.11. The zero-order valence-electron chi connectivity index (χ0n) is 9.11. The van der Waals surface area contributed by atoms with Crippen molar-refractivity contribution >= 4 is 0 Å². The van der Waals surface area contributed by atoms with E-state index in [4.69, 9.17) is 10.5 Å². The maximum absolute atomic E-state index is 5.86. The second kappa shape index (κ2) is 4.60. The molecular weight excluding hydrogens is 176 g/mol. The fraction of sp³-hybridized carbons (Fsp3) is 1.00. The molecule has 3 nitrogen and oxygen atoms in total. The summed E-state index contributed by atoms with van der Waals surface area (Å²) in [4.78, 5) is 2.54. The third kappa shape index (κ3) is 2.27. The Labute approximate surface area is 86.6 Å². The average molecular weight is 198 g/mol. The molecule has 3 atom stereocenters. The van der Waals surface area contributed by atoms with Gasteiger partial charge in [-0.2, -0.15) is 0 Å². The highest BCUT2D eigenvalue weighted by atomic mass is 16.5. The molecule has 1 heterocycles. The SMILES string of the molecule is C[C@H](N)CN1CCOC2CCCCC21. The van der Waals surface area contributed by atoms with Crippen LogP contribution in [0.5, 0.6) is 0 Å². The third-order valence-electron chi connectivity index (χ3n) is 3.37. The van der Waals surface area contributed by atoms with Crippen LogP contribution in [-0.2, 0) is 4.74 Å². The van der Waals surface area contributed by atoms with Crippen LogP contribution in [0.3, 0.4) is 0 Å². The summed E-state index contributed by atoms with van der Waals surface area (Å²) >= 11 is 0. The van der Waals surface area contributed by atoms with E-state index in [0.717, 1.165) is 19.7 Å². The van der Waals surface area contributed by atoms with Crippen molar-refractivity contribution in [2.45, 2.75) is 50.8 Å². The van der Waals surface area contributed by atoms with Gasteiger partial charge >= 0.3 is 0 Å². The molecule has 0 amide bonds. The van der Waals surface area contributed by atoms with Crippen LogP contribution in [0.1, 0.15) is 32.6 Å². The summed E-state index contributed by atoms with van der Waals surface area (Å²) < 4.78 is 5.81. The van der Waals surface area contributed by atoms with Crippen LogP contribution >= 0.6 is 0 Å². The Bertz CT molecular complexity index is 182. The Balaban J connectivity index is 1.94. The van der Waals surface area contributed by atoms with Gasteiger partial charge in [0.1, 0.15) is 0 Å². The van der Waals surface area contributed by atoms with Crippen molar-refractivity contribution in [2.24, 2.45) is 5.73 Å². The van der Waals surface area contributed by atoms with Gasteiger partial charge in [-0.15, -0.1) is 0 Å². The van der Waals surface area contributed by atoms with Crippen molar-refractivity contribution in [3.05, 3.63) is 0 Å². The normalized spacial score (nSPS) is 36.4. The van der Waals surface area contributed by atoms with Crippen molar-refractivity contribution in [3.8, 4) is 0 Å². The molecule has 0 aromatic carbocycles. The van der Waals surface area contributed by atoms with Crippen molar-refractivity contribution in [3.63, 3.8) is 0 Å². The largest absolute Gasteiger partial charge is 0.375 e. The lowest BCUT2D eigenvalue weighted by molar-refractivity contribution is -0.0889. The van der Waals surface area contributed by atoms with Crippen LogP contribution in [0.15, 0.2) is 0 Å². The lowest BCUT2D eigenvalue weighted by Crippen LogP contribution is -2.55. The van der Waals surface area contributed by atoms with Crippen molar-refractivity contribution in [1.29, 1.82) is 0 Å². The Morgan fingerprint density at radius 3 is 3.00 bits per heavy atom. The summed E-state index contributed by atoms with van der Waals surface area (Å²) in [5.41, 5.74) is 5.86. The maximum Gasteiger partial charge on any atom is 0.0730 e. The number of rotatable bonds is 2. The maximum atomic E-state index is 5.86. The number of nitrogens with zero attached hydrogens (tertiary/aromatic N) is 1. The highest BCUT2D eigenvalue weighted by molar-refractivity contribution is 4.88. The van der Waals surface area contributed by atoms with E-state index in [-0.39, 0.29) is 6.04 Å². The van der Waals surface area contributed by atoms with Gasteiger partial charge < -0.3 is 10.5 Å². The first-order valence-electron chi connectivity index (χ1n) is 5.88. The summed E-state index contributed by atoms with van der Waals surface area (Å²) in [6.45, 7) is 5.09. The molecule has 2 rings (SSSR count). The summed E-state index contributed by atoms with van der Waals surface area (Å²) in [7, 11) is 0. The first kappa shape index (κ1) is 10.4. The van der Waals surface area contributed by atoms with E-state index < -0.39 is 0 Å². The minimum Gasteiger partial charge on any atom is -0.375 e. The van der Waals surface area contributed by atoms with Gasteiger partial charge in [0.05, 0.1) is 12.7 Å². The van der Waals surface area contributed by atoms with Crippen LogP contribution in [0, 0.1) is 0 Å². The van der Waals surface area contributed by atoms with Crippen molar-refractivity contribution < 1.29 is 4.74 Å². The fourth-order valence-electron chi connectivity index (χ4n) is 2.77. The molecule has 82 valence electrons. The minimum atomic E-state index is 0.288. The molecule has 0 aromatic heterocycles. The van der Waals surface area contributed by atoms with Gasteiger partial charge in [0, 0.05) is 25.2 Å². The second-order valence-corrected chi connectivity index (χ2v) is 4.73. The van der Waals surface area contributed by atoms with Crippen LogP contribution in [0.4, 0.5) is 0 Å². The van der Waals surface area contributed by atoms with Gasteiger partial charge in [-0.3, -0.25) is 4.90 Å². The van der Waals surface area contributed by atoms with E-state index in [1.807, 2.05) is 0 Å². The monoisotopic (exact) mass is 198 g/mol. The molecular formula is C11H22N2O. The number of ether oxygens (including phenoxy) is 1. The van der Waals surface area contributed by atoms with E-state index in [1.165, 1.54) is 25.7 Å². The molecule has 3 heteroatoms. The Morgan fingerprint density at radius 2 is 2.21 bits per heavy atom. The van der Waals surface area contributed by atoms with Gasteiger partial charge in [0.15, 0.2) is 0 Å². The number of hydrogen-bond acceptors (Lipinski definition) is 3. The molecule has 0 radical (unpaired) electrons. The highest BCUT2D eigenvalue weighted by Gasteiger charge is 2.33. The van der Waals surface area contributed by atoms with E-state index in [1.54, 1.807) is 0 Å². The van der Waals surface area contributed by atoms with E-state index >= 15 is 0 Å². The van der Waals surface area contributed by atoms with E-state index in [0.29, 0.717) is 12.1 Å². The highest BCUT2D eigenvalue weighted by Crippen LogP contribution is 2.28. The molecule has 2 fully saturated rings. The molecule has 0 spiro atoms. The molecule has 14 heavy (non-hydrogen) atoms. The number of nitrogens with two attached hydrogens (primary N) is 1. The second-order valence-electron chi connectivity index (χ2n) is 4.73. The fourth-order valence-corrected chi connectivity index (χ4v) is 2.77. The minimum absolute atomic E-state index is 0.288. The lowest BCUT2D eigenvalue weighted by Gasteiger charge is -2.44. The first-order chi connectivity index (χ1) is 6.77. The smallest absolute Gasteiger partial charge is 0.0730 e. The summed E-state index contributed by atoms with van der Waals surface area (Å²) in [6.07, 6.45) is 5.75. The van der Waals surface area contributed by atoms with Crippen LogP contribution in [0.2, 0.25) is 0 Å². The molecule has 2 unspecified atom stereocenters. The number of fused-ring (bicyclic) bond motifs is 1. The van der Waals surface area contributed by atoms with E-state index in [2.05, 4.69) is 11.8 Å². The molecule has 2 aliphatic rings. The predicted octanol–water partition coefficient (Wildman–Crippen LogP) is 0.977. The Hall–Kier alpha value is -0.120. The Kier molecular flexibility index (Phi) is 3.42. The molecule has 0 bridgehead atoms. The van der Waals surface area contributed by atoms with E-state index in [9.17, 15) is 0 Å². The first-order valence-corrected chi connectivity index (χ1v) is 5.88. The number of morpholine rings is 1.